The van der Waals surface area contributed by atoms with E-state index in [9.17, 15) is 4.79 Å². The summed E-state index contributed by atoms with van der Waals surface area (Å²) in [4.78, 5) is 11.4. The van der Waals surface area contributed by atoms with Gasteiger partial charge in [0.15, 0.2) is 0 Å². The molecule has 0 fully saturated rings. The largest absolute Gasteiger partial charge is 0.394 e. The van der Waals surface area contributed by atoms with Crippen molar-refractivity contribution in [2.24, 2.45) is 0 Å². The van der Waals surface area contributed by atoms with Crippen LogP contribution in [0.25, 0.3) is 0 Å². The Labute approximate surface area is 104 Å². The van der Waals surface area contributed by atoms with E-state index in [-0.39, 0.29) is 18.6 Å². The zero-order chi connectivity index (χ0) is 12.0. The van der Waals surface area contributed by atoms with Gasteiger partial charge in [-0.25, -0.2) is 0 Å². The number of rotatable bonds is 5. The Balaban J connectivity index is 2.37. The smallest absolute Gasteiger partial charge is 0.220 e. The summed E-state index contributed by atoms with van der Waals surface area (Å²) in [6, 6.07) is 7.73. The lowest BCUT2D eigenvalue weighted by Gasteiger charge is -2.10. The predicted molar refractivity (Wildman–Crippen MR) is 67.2 cm³/mol. The molecule has 4 heteroatoms. The molecule has 0 heterocycles. The fraction of sp³-hybridized carbons (Fsp3) is 0.417. The van der Waals surface area contributed by atoms with E-state index in [1.165, 1.54) is 0 Å². The highest BCUT2D eigenvalue weighted by molar-refractivity contribution is 9.10. The molecule has 0 aliphatic rings. The van der Waals surface area contributed by atoms with Crippen LogP contribution in [0.4, 0.5) is 0 Å². The summed E-state index contributed by atoms with van der Waals surface area (Å²) in [5.74, 6) is -0.0264. The van der Waals surface area contributed by atoms with Crippen LogP contribution in [0.5, 0.6) is 0 Å². The molecule has 1 aromatic rings. The molecule has 16 heavy (non-hydrogen) atoms. The molecule has 0 radical (unpaired) electrons. The highest BCUT2D eigenvalue weighted by Gasteiger charge is 2.06. The van der Waals surface area contributed by atoms with Gasteiger partial charge in [0, 0.05) is 16.9 Å². The van der Waals surface area contributed by atoms with Crippen molar-refractivity contribution in [3.05, 3.63) is 34.3 Å². The first-order valence-electron chi connectivity index (χ1n) is 5.26. The second-order valence-electron chi connectivity index (χ2n) is 3.78. The summed E-state index contributed by atoms with van der Waals surface area (Å²) in [7, 11) is 0. The molecule has 0 bridgehead atoms. The Morgan fingerprint density at radius 2 is 2.31 bits per heavy atom. The lowest BCUT2D eigenvalue weighted by molar-refractivity contribution is -0.121. The molecule has 1 aromatic carbocycles. The van der Waals surface area contributed by atoms with Gasteiger partial charge in [-0.15, -0.1) is 0 Å². The maximum Gasteiger partial charge on any atom is 0.220 e. The van der Waals surface area contributed by atoms with Crippen LogP contribution >= 0.6 is 15.9 Å². The quantitative estimate of drug-likeness (QED) is 0.868. The minimum atomic E-state index is -0.171. The molecule has 0 saturated carbocycles. The summed E-state index contributed by atoms with van der Waals surface area (Å²) in [5.41, 5.74) is 1.13. The van der Waals surface area contributed by atoms with Gasteiger partial charge in [-0.3, -0.25) is 4.79 Å². The minimum absolute atomic E-state index is 0.0252. The standard InChI is InChI=1S/C12H16BrNO2/c1-9(8-15)14-12(16)6-5-10-3-2-4-11(13)7-10/h2-4,7,9,15H,5-6,8H2,1H3,(H,14,16)/t9-/m0/s1. The van der Waals surface area contributed by atoms with Gasteiger partial charge >= 0.3 is 0 Å². The number of hydrogen-bond donors (Lipinski definition) is 2. The molecule has 0 aliphatic heterocycles. The zero-order valence-corrected chi connectivity index (χ0v) is 10.8. The third-order valence-corrected chi connectivity index (χ3v) is 2.70. The van der Waals surface area contributed by atoms with E-state index < -0.39 is 0 Å². The molecule has 2 N–H and O–H groups in total. The fourth-order valence-corrected chi connectivity index (χ4v) is 1.79. The van der Waals surface area contributed by atoms with Gasteiger partial charge in [0.1, 0.15) is 0 Å². The van der Waals surface area contributed by atoms with Gasteiger partial charge in [-0.2, -0.15) is 0 Å². The Morgan fingerprint density at radius 1 is 1.56 bits per heavy atom. The van der Waals surface area contributed by atoms with Gasteiger partial charge in [0.25, 0.3) is 0 Å². The highest BCUT2D eigenvalue weighted by atomic mass is 79.9. The van der Waals surface area contributed by atoms with Crippen LogP contribution in [0.1, 0.15) is 18.9 Å². The zero-order valence-electron chi connectivity index (χ0n) is 9.24. The minimum Gasteiger partial charge on any atom is -0.394 e. The maximum atomic E-state index is 11.4. The average Bonchev–Trinajstić information content (AvgIpc) is 2.26. The molecule has 0 saturated heterocycles. The average molecular weight is 286 g/mol. The molecule has 0 aromatic heterocycles. The fourth-order valence-electron chi connectivity index (χ4n) is 1.34. The lowest BCUT2D eigenvalue weighted by Crippen LogP contribution is -2.35. The molecular weight excluding hydrogens is 270 g/mol. The lowest BCUT2D eigenvalue weighted by atomic mass is 10.1. The summed E-state index contributed by atoms with van der Waals surface area (Å²) in [6.45, 7) is 1.75. The third-order valence-electron chi connectivity index (χ3n) is 2.21. The van der Waals surface area contributed by atoms with E-state index >= 15 is 0 Å². The van der Waals surface area contributed by atoms with E-state index in [1.807, 2.05) is 24.3 Å². The summed E-state index contributed by atoms with van der Waals surface area (Å²) < 4.78 is 1.02. The van der Waals surface area contributed by atoms with Crippen LogP contribution in [0.15, 0.2) is 28.7 Å². The van der Waals surface area contributed by atoms with Gasteiger partial charge < -0.3 is 10.4 Å². The Kier molecular flexibility index (Phi) is 5.49. The maximum absolute atomic E-state index is 11.4. The van der Waals surface area contributed by atoms with Crippen LogP contribution in [-0.4, -0.2) is 23.7 Å². The topological polar surface area (TPSA) is 49.3 Å². The first-order valence-corrected chi connectivity index (χ1v) is 6.06. The number of carbonyl (C=O) groups excluding carboxylic acids is 1. The van der Waals surface area contributed by atoms with Gasteiger partial charge in [-0.1, -0.05) is 28.1 Å². The van der Waals surface area contributed by atoms with Crippen LogP contribution in [0, 0.1) is 0 Å². The number of aliphatic hydroxyl groups excluding tert-OH is 1. The molecule has 1 atom stereocenters. The van der Waals surface area contributed by atoms with Crippen molar-refractivity contribution in [3.63, 3.8) is 0 Å². The number of benzene rings is 1. The van der Waals surface area contributed by atoms with Crippen LogP contribution in [0.2, 0.25) is 0 Å². The van der Waals surface area contributed by atoms with E-state index in [0.29, 0.717) is 12.8 Å². The van der Waals surface area contributed by atoms with Crippen LogP contribution in [0.3, 0.4) is 0 Å². The molecule has 0 aliphatic carbocycles. The molecule has 1 amide bonds. The molecule has 88 valence electrons. The van der Waals surface area contributed by atoms with Crippen LogP contribution < -0.4 is 5.32 Å². The van der Waals surface area contributed by atoms with Gasteiger partial charge in [-0.05, 0) is 31.0 Å². The predicted octanol–water partition coefficient (Wildman–Crippen LogP) is 1.88. The second kappa shape index (κ2) is 6.66. The molecular formula is C12H16BrNO2. The summed E-state index contributed by atoms with van der Waals surface area (Å²) >= 11 is 3.39. The van der Waals surface area contributed by atoms with E-state index in [0.717, 1.165) is 10.0 Å². The second-order valence-corrected chi connectivity index (χ2v) is 4.70. The molecule has 3 nitrogen and oxygen atoms in total. The molecule has 0 spiro atoms. The van der Waals surface area contributed by atoms with Crippen molar-refractivity contribution >= 4 is 21.8 Å². The number of aliphatic hydroxyl groups is 1. The number of hydrogen-bond acceptors (Lipinski definition) is 2. The number of amides is 1. The van der Waals surface area contributed by atoms with E-state index in [1.54, 1.807) is 6.92 Å². The normalized spacial score (nSPS) is 12.2. The SMILES string of the molecule is C[C@@H](CO)NC(=O)CCc1cccc(Br)c1. The van der Waals surface area contributed by atoms with E-state index in [2.05, 4.69) is 21.2 Å². The number of nitrogens with one attached hydrogen (secondary N) is 1. The number of halogens is 1. The van der Waals surface area contributed by atoms with Crippen molar-refractivity contribution in [3.8, 4) is 0 Å². The first kappa shape index (κ1) is 13.2. The Bertz CT molecular complexity index is 355. The Hall–Kier alpha value is -0.870. The molecule has 1 rings (SSSR count). The molecule has 0 unspecified atom stereocenters. The highest BCUT2D eigenvalue weighted by Crippen LogP contribution is 2.12. The van der Waals surface area contributed by atoms with Gasteiger partial charge in [0.05, 0.1) is 6.61 Å². The van der Waals surface area contributed by atoms with Gasteiger partial charge in [0.2, 0.25) is 5.91 Å². The van der Waals surface area contributed by atoms with Crippen molar-refractivity contribution < 1.29 is 9.90 Å². The first-order chi connectivity index (χ1) is 7.61. The van der Waals surface area contributed by atoms with Crippen molar-refractivity contribution in [1.82, 2.24) is 5.32 Å². The van der Waals surface area contributed by atoms with Crippen molar-refractivity contribution in [2.75, 3.05) is 6.61 Å². The number of aryl methyl sites for hydroxylation is 1. The third kappa shape index (κ3) is 4.77. The number of carbonyl (C=O) groups is 1. The van der Waals surface area contributed by atoms with E-state index in [4.69, 9.17) is 5.11 Å². The summed E-state index contributed by atoms with van der Waals surface area (Å²) in [6.07, 6.45) is 1.16. The van der Waals surface area contributed by atoms with Crippen molar-refractivity contribution in [2.45, 2.75) is 25.8 Å². The van der Waals surface area contributed by atoms with Crippen molar-refractivity contribution in [1.29, 1.82) is 0 Å². The monoisotopic (exact) mass is 285 g/mol. The van der Waals surface area contributed by atoms with Crippen LogP contribution in [-0.2, 0) is 11.2 Å². The Morgan fingerprint density at radius 3 is 2.94 bits per heavy atom. The summed E-state index contributed by atoms with van der Waals surface area (Å²) in [5, 5.41) is 11.5.